The molecule has 0 aromatic heterocycles. The summed E-state index contributed by atoms with van der Waals surface area (Å²) < 4.78 is 43.0. The van der Waals surface area contributed by atoms with Gasteiger partial charge < -0.3 is 14.9 Å². The number of amides is 1. The molecule has 0 aliphatic carbocycles. The monoisotopic (exact) mass is 698 g/mol. The third kappa shape index (κ3) is 11.1. The molecule has 41 heavy (non-hydrogen) atoms. The first-order valence-corrected chi connectivity index (χ1v) is 14.6. The first kappa shape index (κ1) is 32.6. The van der Waals surface area contributed by atoms with Gasteiger partial charge in [-0.1, -0.05) is 88.0 Å². The van der Waals surface area contributed by atoms with Crippen molar-refractivity contribution >= 4 is 43.7 Å². The molecule has 11 heteroatoms. The summed E-state index contributed by atoms with van der Waals surface area (Å²) in [5.74, 6) is -1.23. The summed E-state index contributed by atoms with van der Waals surface area (Å²) >= 11 is 7.00. The molecule has 3 aromatic carbocycles. The van der Waals surface area contributed by atoms with Gasteiger partial charge >= 0.3 is 12.3 Å². The molecule has 1 N–H and O–H groups in total. The van der Waals surface area contributed by atoms with Crippen LogP contribution in [0.1, 0.15) is 65.7 Å². The highest BCUT2D eigenvalue weighted by Crippen LogP contribution is 2.30. The number of halogens is 5. The normalized spacial score (nSPS) is 11.4. The van der Waals surface area contributed by atoms with Crippen LogP contribution in [0.5, 0.6) is 5.75 Å². The number of hydroxylamine groups is 2. The molecule has 3 rings (SSSR count). The van der Waals surface area contributed by atoms with E-state index in [0.29, 0.717) is 32.2 Å². The molecule has 220 valence electrons. The first-order chi connectivity index (χ1) is 19.4. The maximum Gasteiger partial charge on any atom is 0.573 e. The molecule has 0 atom stereocenters. The Morgan fingerprint density at radius 3 is 2.17 bits per heavy atom. The molecule has 1 amide bonds. The lowest BCUT2D eigenvalue weighted by atomic mass is 10.1. The summed E-state index contributed by atoms with van der Waals surface area (Å²) in [6.45, 7) is 3.86. The molecule has 6 nitrogen and oxygen atoms in total. The molecule has 0 saturated heterocycles. The van der Waals surface area contributed by atoms with Crippen molar-refractivity contribution < 1.29 is 32.3 Å². The van der Waals surface area contributed by atoms with Crippen molar-refractivity contribution in [3.05, 3.63) is 97.4 Å². The van der Waals surface area contributed by atoms with E-state index in [0.717, 1.165) is 18.4 Å². The highest BCUT2D eigenvalue weighted by Gasteiger charge is 2.31. The number of alkyl halides is 3. The van der Waals surface area contributed by atoms with Gasteiger partial charge in [-0.3, -0.25) is 9.59 Å². The van der Waals surface area contributed by atoms with E-state index < -0.39 is 12.3 Å². The molecule has 0 bridgehead atoms. The topological polar surface area (TPSA) is 67.9 Å². The lowest BCUT2D eigenvalue weighted by molar-refractivity contribution is -0.274. The smallest absolute Gasteiger partial charge is 0.406 e. The summed E-state index contributed by atoms with van der Waals surface area (Å²) in [5, 5.41) is 4.24. The number of rotatable bonds is 13. The van der Waals surface area contributed by atoms with Crippen molar-refractivity contribution in [2.45, 2.75) is 65.5 Å². The second kappa shape index (κ2) is 15.4. The van der Waals surface area contributed by atoms with E-state index in [1.807, 2.05) is 12.1 Å². The predicted molar refractivity (Wildman–Crippen MR) is 157 cm³/mol. The van der Waals surface area contributed by atoms with Crippen LogP contribution in [0.15, 0.2) is 69.6 Å². The van der Waals surface area contributed by atoms with Crippen molar-refractivity contribution in [1.29, 1.82) is 0 Å². The van der Waals surface area contributed by atoms with E-state index in [9.17, 15) is 22.8 Å². The van der Waals surface area contributed by atoms with Crippen LogP contribution in [0, 0.1) is 0 Å². The van der Waals surface area contributed by atoms with Crippen LogP contribution in [0.3, 0.4) is 0 Å². The highest BCUT2D eigenvalue weighted by atomic mass is 79.9. The minimum absolute atomic E-state index is 0.00680. The first-order valence-electron chi connectivity index (χ1n) is 13.1. The minimum atomic E-state index is -4.82. The number of carbonyl (C=O) groups excluding carboxylic acids is 2. The van der Waals surface area contributed by atoms with E-state index in [1.54, 1.807) is 18.2 Å². The summed E-state index contributed by atoms with van der Waals surface area (Å²) in [7, 11) is 0. The Bertz CT molecular complexity index is 1310. The number of carbonyl (C=O) groups is 2. The molecular formula is C30H31Br2F3N2O4. The SMILES string of the molecule is CCCCCc1ccc(CNC(=O)c2cc(Br)c(CN(Cc3cccc(OC(F)(F)F)c3)OC(C)=O)c(Br)c2)cc1. The number of benzene rings is 3. The number of nitrogens with zero attached hydrogens (tertiary/aromatic N) is 1. The van der Waals surface area contributed by atoms with Crippen LogP contribution in [0.2, 0.25) is 0 Å². The Balaban J connectivity index is 1.67. The lowest BCUT2D eigenvalue weighted by Gasteiger charge is -2.22. The van der Waals surface area contributed by atoms with Gasteiger partial charge in [-0.25, -0.2) is 0 Å². The van der Waals surface area contributed by atoms with Gasteiger partial charge in [0.2, 0.25) is 0 Å². The van der Waals surface area contributed by atoms with Gasteiger partial charge in [-0.2, -0.15) is 0 Å². The summed E-state index contributed by atoms with van der Waals surface area (Å²) in [5.41, 5.74) is 3.80. The predicted octanol–water partition coefficient (Wildman–Crippen LogP) is 8.25. The second-order valence-electron chi connectivity index (χ2n) is 9.45. The van der Waals surface area contributed by atoms with Crippen molar-refractivity contribution in [3.8, 4) is 5.75 Å². The number of unbranched alkanes of at least 4 members (excludes halogenated alkanes) is 2. The standard InChI is InChI=1S/C30H31Br2F3N2O4/c1-3-4-5-7-21-10-12-22(13-11-21)17-36-29(39)24-15-27(31)26(28(32)16-24)19-37(41-20(2)38)18-23-8-6-9-25(14-23)40-30(33,34)35/h6,8-16H,3-5,7,17-19H2,1-2H3,(H,36,39). The summed E-state index contributed by atoms with van der Waals surface area (Å²) in [6.07, 6.45) is -0.229. The fourth-order valence-electron chi connectivity index (χ4n) is 4.10. The number of aryl methyl sites for hydroxylation is 1. The Hall–Kier alpha value is -2.89. The fraction of sp³-hybridized carbons (Fsp3) is 0.333. The molecule has 0 aliphatic rings. The van der Waals surface area contributed by atoms with Gasteiger partial charge in [-0.05, 0) is 59.4 Å². The van der Waals surface area contributed by atoms with Gasteiger partial charge in [0, 0.05) is 28.0 Å². The van der Waals surface area contributed by atoms with Crippen molar-refractivity contribution in [1.82, 2.24) is 10.4 Å². The summed E-state index contributed by atoms with van der Waals surface area (Å²) in [4.78, 5) is 30.0. The molecule has 3 aromatic rings. The molecule has 0 heterocycles. The molecule has 0 radical (unpaired) electrons. The number of hydrogen-bond donors (Lipinski definition) is 1. The molecule has 0 fully saturated rings. The Labute approximate surface area is 254 Å². The largest absolute Gasteiger partial charge is 0.573 e. The lowest BCUT2D eigenvalue weighted by Crippen LogP contribution is -2.26. The average molecular weight is 700 g/mol. The Morgan fingerprint density at radius 1 is 0.902 bits per heavy atom. The zero-order valence-electron chi connectivity index (χ0n) is 22.7. The molecule has 0 aliphatic heterocycles. The van der Waals surface area contributed by atoms with Gasteiger partial charge in [0.1, 0.15) is 5.75 Å². The molecule has 0 unspecified atom stereocenters. The van der Waals surface area contributed by atoms with Crippen LogP contribution >= 0.6 is 31.9 Å². The zero-order valence-corrected chi connectivity index (χ0v) is 25.9. The molecule has 0 spiro atoms. The fourth-order valence-corrected chi connectivity index (χ4v) is 5.53. The Kier molecular flexibility index (Phi) is 12.2. The van der Waals surface area contributed by atoms with E-state index in [1.165, 1.54) is 48.6 Å². The van der Waals surface area contributed by atoms with Crippen molar-refractivity contribution in [2.24, 2.45) is 0 Å². The molecular weight excluding hydrogens is 669 g/mol. The van der Waals surface area contributed by atoms with Crippen LogP contribution in [0.4, 0.5) is 13.2 Å². The maximum atomic E-state index is 12.9. The number of hydrogen-bond acceptors (Lipinski definition) is 5. The highest BCUT2D eigenvalue weighted by molar-refractivity contribution is 9.11. The van der Waals surface area contributed by atoms with E-state index >= 15 is 0 Å². The van der Waals surface area contributed by atoms with Gasteiger partial charge in [0.05, 0.1) is 13.1 Å². The number of nitrogens with one attached hydrogen (secondary N) is 1. The zero-order chi connectivity index (χ0) is 30.0. The van der Waals surface area contributed by atoms with E-state index in [-0.39, 0.29) is 24.7 Å². The van der Waals surface area contributed by atoms with Crippen LogP contribution in [0.25, 0.3) is 0 Å². The minimum Gasteiger partial charge on any atom is -0.406 e. The van der Waals surface area contributed by atoms with Gasteiger partial charge in [0.15, 0.2) is 0 Å². The third-order valence-electron chi connectivity index (χ3n) is 6.03. The summed E-state index contributed by atoms with van der Waals surface area (Å²) in [6, 6.07) is 17.0. The van der Waals surface area contributed by atoms with Crippen LogP contribution in [-0.4, -0.2) is 23.3 Å². The third-order valence-corrected chi connectivity index (χ3v) is 7.45. The number of ether oxygens (including phenoxy) is 1. The molecule has 0 saturated carbocycles. The Morgan fingerprint density at radius 2 is 1.56 bits per heavy atom. The van der Waals surface area contributed by atoms with Gasteiger partial charge in [0.25, 0.3) is 5.91 Å². The van der Waals surface area contributed by atoms with Gasteiger partial charge in [-0.15, -0.1) is 18.2 Å². The van der Waals surface area contributed by atoms with E-state index in [4.69, 9.17) is 4.84 Å². The van der Waals surface area contributed by atoms with Crippen LogP contribution in [-0.2, 0) is 35.7 Å². The van der Waals surface area contributed by atoms with E-state index in [2.05, 4.69) is 61.0 Å². The van der Waals surface area contributed by atoms with Crippen molar-refractivity contribution in [2.75, 3.05) is 0 Å². The maximum absolute atomic E-state index is 12.9. The van der Waals surface area contributed by atoms with Crippen LogP contribution < -0.4 is 10.1 Å². The second-order valence-corrected chi connectivity index (χ2v) is 11.2. The quantitative estimate of drug-likeness (QED) is 0.144. The average Bonchev–Trinajstić information content (AvgIpc) is 2.89. The van der Waals surface area contributed by atoms with Crippen molar-refractivity contribution in [3.63, 3.8) is 0 Å².